The van der Waals surface area contributed by atoms with E-state index in [4.69, 9.17) is 0 Å². The maximum absolute atomic E-state index is 14.1. The van der Waals surface area contributed by atoms with Crippen molar-refractivity contribution in [2.75, 3.05) is 0 Å². The largest absolute Gasteiger partial charge is 0.460 e. The fraction of sp³-hybridized carbons (Fsp3) is 1.00. The molecule has 0 aliphatic heterocycles. The van der Waals surface area contributed by atoms with Gasteiger partial charge in [0.1, 0.15) is 0 Å². The van der Waals surface area contributed by atoms with Crippen molar-refractivity contribution < 1.29 is 189 Å². The third kappa shape index (κ3) is 7.00. The SMILES string of the molecule is CC(C)C(F)(F)C(F)(F)C(F)(F)C(F)(F)C(F)(F)C(F)(F)C(F)(F)C(F)(F)C(F)(F)C(F)(F)C(F)(F)C(F)(F)C(F)(F)C(F)(F)C(F)(F)C(F)(F)C(F)(F)C(F)(F)C(F)(F)C(F)(F)C(F)(F)F. The first-order valence-corrected chi connectivity index (χ1v) is 14.6. The molecular formula is C24H7F43. The fourth-order valence-electron chi connectivity index (χ4n) is 4.10. The smallest absolute Gasteiger partial charge is 0.199 e. The molecule has 67 heavy (non-hydrogen) atoms. The van der Waals surface area contributed by atoms with Crippen molar-refractivity contribution >= 4 is 0 Å². The third-order valence-corrected chi connectivity index (χ3v) is 8.60. The van der Waals surface area contributed by atoms with Crippen LogP contribution in [0.15, 0.2) is 0 Å². The number of alkyl halides is 43. The standard InChI is InChI=1S/C24H7F43/c1-3(2)4(25,26)5(27,28)6(29,30)7(31,32)8(33,34)9(35,36)10(37,38)11(39,40)12(41,42)13(43,44)14(45,46)15(47,48)16(49,50)17(51,52)18(53,54)19(55,56)20(57,58)21(59,60)22(61,62)23(63,64)24(65,66)67/h3H,1-2H3. The van der Waals surface area contributed by atoms with E-state index in [1.807, 2.05) is 0 Å². The lowest BCUT2D eigenvalue weighted by molar-refractivity contribution is -0.496. The Bertz CT molecular complexity index is 1780. The normalized spacial score (nSPS) is 17.5. The Kier molecular flexibility index (Phi) is 14.6. The van der Waals surface area contributed by atoms with Crippen LogP contribution < -0.4 is 0 Å². The Morgan fingerprint density at radius 2 is 0.239 bits per heavy atom. The highest BCUT2D eigenvalue weighted by atomic mass is 19.4. The molecule has 0 nitrogen and oxygen atoms in total. The molecule has 0 bridgehead atoms. The van der Waals surface area contributed by atoms with E-state index < -0.39 is 144 Å². The van der Waals surface area contributed by atoms with Crippen LogP contribution in [0.2, 0.25) is 0 Å². The molecule has 0 aliphatic carbocycles. The summed E-state index contributed by atoms with van der Waals surface area (Å²) in [5, 5.41) is 0. The minimum absolute atomic E-state index is 0.496. The van der Waals surface area contributed by atoms with Crippen molar-refractivity contribution in [3.05, 3.63) is 0 Å². The minimum atomic E-state index is -10.7. The summed E-state index contributed by atoms with van der Waals surface area (Å²) in [6.07, 6.45) is -8.55. The topological polar surface area (TPSA) is 0 Å². The number of halogens is 43. The zero-order valence-electron chi connectivity index (χ0n) is 29.3. The Balaban J connectivity index is 8.06. The van der Waals surface area contributed by atoms with E-state index in [0.29, 0.717) is 0 Å². The molecule has 43 heteroatoms. The lowest BCUT2D eigenvalue weighted by atomic mass is 9.81. The summed E-state index contributed by atoms with van der Waals surface area (Å²) in [5.41, 5.74) is 0. The Morgan fingerprint density at radius 1 is 0.149 bits per heavy atom. The van der Waals surface area contributed by atoms with Gasteiger partial charge in [-0.05, 0) is 0 Å². The molecule has 0 amide bonds. The quantitative estimate of drug-likeness (QED) is 0.107. The van der Waals surface area contributed by atoms with Crippen LogP contribution in [0.5, 0.6) is 0 Å². The lowest BCUT2D eigenvalue weighted by Crippen LogP contribution is -2.81. The van der Waals surface area contributed by atoms with Gasteiger partial charge in [-0.25, -0.2) is 0 Å². The van der Waals surface area contributed by atoms with Gasteiger partial charge in [-0.3, -0.25) is 0 Å². The molecule has 0 saturated carbocycles. The number of hydrogen-bond acceptors (Lipinski definition) is 0. The molecule has 0 fully saturated rings. The van der Waals surface area contributed by atoms with Crippen molar-refractivity contribution in [3.63, 3.8) is 0 Å². The van der Waals surface area contributed by atoms with Gasteiger partial charge < -0.3 is 0 Å². The molecule has 0 aliphatic rings. The predicted molar refractivity (Wildman–Crippen MR) is 120 cm³/mol. The van der Waals surface area contributed by atoms with Gasteiger partial charge in [0.25, 0.3) is 0 Å². The zero-order chi connectivity index (χ0) is 56.1. The van der Waals surface area contributed by atoms with Crippen molar-refractivity contribution in [2.24, 2.45) is 5.92 Å². The monoisotopic (exact) mass is 1110 g/mol. The molecular weight excluding hydrogens is 1110 g/mol. The summed E-state index contributed by atoms with van der Waals surface area (Å²) in [7, 11) is 0. The molecule has 0 N–H and O–H groups in total. The predicted octanol–water partition coefficient (Wildman–Crippen LogP) is 14.9. The fourth-order valence-corrected chi connectivity index (χ4v) is 4.10. The van der Waals surface area contributed by atoms with Crippen LogP contribution in [0.25, 0.3) is 0 Å². The highest BCUT2D eigenvalue weighted by Gasteiger charge is 3.03. The average Bonchev–Trinajstić information content (AvgIpc) is 3.09. The molecule has 0 atom stereocenters. The first-order chi connectivity index (χ1) is 27.9. The van der Waals surface area contributed by atoms with Gasteiger partial charge in [0.15, 0.2) is 0 Å². The maximum atomic E-state index is 14.1. The molecule has 404 valence electrons. The highest BCUT2D eigenvalue weighted by Crippen LogP contribution is 2.72. The van der Waals surface area contributed by atoms with E-state index in [-0.39, 0.29) is 0 Å². The van der Waals surface area contributed by atoms with Gasteiger partial charge in [-0.1, -0.05) is 13.8 Å². The first-order valence-electron chi connectivity index (χ1n) is 14.6. The molecule has 0 rings (SSSR count). The van der Waals surface area contributed by atoms with Gasteiger partial charge in [0, 0.05) is 5.92 Å². The maximum Gasteiger partial charge on any atom is 0.460 e. The summed E-state index contributed by atoms with van der Waals surface area (Å²) >= 11 is 0. The summed E-state index contributed by atoms with van der Waals surface area (Å²) in [6, 6.07) is 0. The van der Waals surface area contributed by atoms with Crippen LogP contribution in [-0.2, 0) is 0 Å². The zero-order valence-corrected chi connectivity index (χ0v) is 29.3. The summed E-state index contributed by atoms with van der Waals surface area (Å²) in [5.74, 6) is -203. The lowest BCUT2D eigenvalue weighted by Gasteiger charge is -2.47. The number of rotatable bonds is 20. The van der Waals surface area contributed by atoms with E-state index in [1.165, 1.54) is 0 Å². The van der Waals surface area contributed by atoms with Gasteiger partial charge in [0.05, 0.1) is 0 Å². The van der Waals surface area contributed by atoms with Gasteiger partial charge >= 0.3 is 125 Å². The van der Waals surface area contributed by atoms with Gasteiger partial charge in [0.2, 0.25) is 0 Å². The van der Waals surface area contributed by atoms with Crippen LogP contribution >= 0.6 is 0 Å². The van der Waals surface area contributed by atoms with E-state index in [0.717, 1.165) is 0 Å². The van der Waals surface area contributed by atoms with Crippen molar-refractivity contribution in [1.29, 1.82) is 0 Å². The van der Waals surface area contributed by atoms with E-state index in [2.05, 4.69) is 0 Å². The van der Waals surface area contributed by atoms with Crippen LogP contribution in [0.1, 0.15) is 13.8 Å². The van der Waals surface area contributed by atoms with Crippen LogP contribution in [0.3, 0.4) is 0 Å². The Morgan fingerprint density at radius 3 is 0.328 bits per heavy atom. The minimum Gasteiger partial charge on any atom is -0.199 e. The molecule has 0 aromatic heterocycles. The second kappa shape index (κ2) is 15.2. The molecule has 0 unspecified atom stereocenters. The van der Waals surface area contributed by atoms with Crippen molar-refractivity contribution in [1.82, 2.24) is 0 Å². The second-order valence-electron chi connectivity index (χ2n) is 13.2. The number of hydrogen-bond donors (Lipinski definition) is 0. The van der Waals surface area contributed by atoms with Gasteiger partial charge in [-0.15, -0.1) is 0 Å². The van der Waals surface area contributed by atoms with Crippen LogP contribution in [0.4, 0.5) is 189 Å². The molecule has 0 aromatic rings. The highest BCUT2D eigenvalue weighted by molar-refractivity contribution is 5.24. The van der Waals surface area contributed by atoms with Crippen molar-refractivity contribution in [3.8, 4) is 0 Å². The molecule has 0 spiro atoms. The summed E-state index contributed by atoms with van der Waals surface area (Å²) < 4.78 is 588. The third-order valence-electron chi connectivity index (χ3n) is 8.60. The van der Waals surface area contributed by atoms with E-state index in [1.54, 1.807) is 0 Å². The van der Waals surface area contributed by atoms with Crippen molar-refractivity contribution in [2.45, 2.75) is 138 Å². The molecule has 0 saturated heterocycles. The van der Waals surface area contributed by atoms with Crippen LogP contribution in [0, 0.1) is 5.92 Å². The summed E-state index contributed by atoms with van der Waals surface area (Å²) in [6.45, 7) is -0.991. The Labute approximate surface area is 334 Å². The van der Waals surface area contributed by atoms with Gasteiger partial charge in [-0.2, -0.15) is 189 Å². The van der Waals surface area contributed by atoms with E-state index >= 15 is 0 Å². The molecule has 0 aromatic carbocycles. The van der Waals surface area contributed by atoms with Crippen LogP contribution in [-0.4, -0.2) is 125 Å². The second-order valence-corrected chi connectivity index (χ2v) is 13.2. The summed E-state index contributed by atoms with van der Waals surface area (Å²) in [4.78, 5) is 0. The van der Waals surface area contributed by atoms with E-state index in [9.17, 15) is 189 Å². The first kappa shape index (κ1) is 64.0. The average molecular weight is 1110 g/mol. The molecule has 0 heterocycles. The Hall–Kier alpha value is -3.01. The molecule has 0 radical (unpaired) electrons.